The highest BCUT2D eigenvalue weighted by atomic mass is 32.1. The van der Waals surface area contributed by atoms with Gasteiger partial charge in [0.15, 0.2) is 0 Å². The van der Waals surface area contributed by atoms with Crippen molar-refractivity contribution in [3.05, 3.63) is 53.3 Å². The Hall–Kier alpha value is -2.05. The van der Waals surface area contributed by atoms with E-state index in [2.05, 4.69) is 10.3 Å². The molecular formula is C14H10FN3S2. The van der Waals surface area contributed by atoms with Crippen LogP contribution in [0.1, 0.15) is 5.56 Å². The Labute approximate surface area is 124 Å². The third kappa shape index (κ3) is 2.48. The van der Waals surface area contributed by atoms with Crippen molar-refractivity contribution >= 4 is 50.1 Å². The Balaban J connectivity index is 1.90. The van der Waals surface area contributed by atoms with Gasteiger partial charge >= 0.3 is 0 Å². The van der Waals surface area contributed by atoms with Crippen LogP contribution in [-0.4, -0.2) is 9.97 Å². The summed E-state index contributed by atoms with van der Waals surface area (Å²) in [5.41, 5.74) is 9.96. The van der Waals surface area contributed by atoms with Gasteiger partial charge in [0.05, 0.1) is 15.7 Å². The molecule has 0 saturated heterocycles. The lowest BCUT2D eigenvalue weighted by Crippen LogP contribution is -2.11. The molecule has 3 aromatic rings. The predicted octanol–water partition coefficient (Wildman–Crippen LogP) is 3.81. The van der Waals surface area contributed by atoms with Crippen LogP contribution in [0.15, 0.2) is 41.9 Å². The molecule has 1 heterocycles. The molecule has 3 N–H and O–H groups in total. The minimum Gasteiger partial charge on any atom is -0.389 e. The number of nitrogens with one attached hydrogen (secondary N) is 1. The van der Waals surface area contributed by atoms with Gasteiger partial charge in [-0.15, -0.1) is 11.3 Å². The lowest BCUT2D eigenvalue weighted by Gasteiger charge is -2.08. The zero-order valence-electron chi connectivity index (χ0n) is 10.3. The Morgan fingerprint density at radius 3 is 2.70 bits per heavy atom. The first-order valence-corrected chi connectivity index (χ1v) is 7.12. The maximum absolute atomic E-state index is 13.8. The number of thiazole rings is 1. The zero-order valence-corrected chi connectivity index (χ0v) is 11.9. The van der Waals surface area contributed by atoms with Crippen LogP contribution < -0.4 is 11.1 Å². The number of benzene rings is 2. The van der Waals surface area contributed by atoms with E-state index in [1.165, 1.54) is 6.07 Å². The van der Waals surface area contributed by atoms with E-state index in [9.17, 15) is 4.39 Å². The largest absolute Gasteiger partial charge is 0.389 e. The zero-order chi connectivity index (χ0) is 14.1. The number of rotatable bonds is 3. The second-order valence-corrected chi connectivity index (χ2v) is 5.54. The Bertz CT molecular complexity index is 798. The second-order valence-electron chi connectivity index (χ2n) is 4.22. The summed E-state index contributed by atoms with van der Waals surface area (Å²) >= 11 is 6.34. The number of halogens is 1. The molecule has 0 saturated carbocycles. The third-order valence-electron chi connectivity index (χ3n) is 2.85. The van der Waals surface area contributed by atoms with Crippen molar-refractivity contribution in [2.24, 2.45) is 5.73 Å². The van der Waals surface area contributed by atoms with E-state index in [1.54, 1.807) is 29.0 Å². The summed E-state index contributed by atoms with van der Waals surface area (Å²) in [6, 6.07) is 10.5. The summed E-state index contributed by atoms with van der Waals surface area (Å²) in [4.78, 5) is 4.27. The lowest BCUT2D eigenvalue weighted by atomic mass is 10.2. The van der Waals surface area contributed by atoms with Crippen LogP contribution in [-0.2, 0) is 0 Å². The molecule has 0 radical (unpaired) electrons. The Morgan fingerprint density at radius 2 is 1.95 bits per heavy atom. The Morgan fingerprint density at radius 1 is 1.20 bits per heavy atom. The summed E-state index contributed by atoms with van der Waals surface area (Å²) < 4.78 is 14.9. The van der Waals surface area contributed by atoms with Crippen molar-refractivity contribution < 1.29 is 4.39 Å². The summed E-state index contributed by atoms with van der Waals surface area (Å²) in [6.45, 7) is 0. The molecule has 0 aliphatic heterocycles. The van der Waals surface area contributed by atoms with Gasteiger partial charge in [0.25, 0.3) is 0 Å². The SMILES string of the molecule is NC(=S)c1ccc(Nc2ccc3ncsc3c2)cc1F. The summed E-state index contributed by atoms with van der Waals surface area (Å²) in [5.74, 6) is -0.429. The molecule has 1 aromatic heterocycles. The fraction of sp³-hybridized carbons (Fsp3) is 0. The average Bonchev–Trinajstić information content (AvgIpc) is 2.85. The fourth-order valence-corrected chi connectivity index (χ4v) is 2.77. The molecule has 3 rings (SSSR count). The predicted molar refractivity (Wildman–Crippen MR) is 85.2 cm³/mol. The van der Waals surface area contributed by atoms with Crippen LogP contribution in [0.4, 0.5) is 15.8 Å². The number of nitrogens with zero attached hydrogens (tertiary/aromatic N) is 1. The van der Waals surface area contributed by atoms with Crippen LogP contribution in [0.5, 0.6) is 0 Å². The second kappa shape index (κ2) is 5.15. The molecule has 0 amide bonds. The number of hydrogen-bond acceptors (Lipinski definition) is 4. The lowest BCUT2D eigenvalue weighted by molar-refractivity contribution is 0.626. The fourth-order valence-electron chi connectivity index (χ4n) is 1.89. The number of nitrogens with two attached hydrogens (primary N) is 1. The van der Waals surface area contributed by atoms with Crippen molar-refractivity contribution in [2.45, 2.75) is 0 Å². The smallest absolute Gasteiger partial charge is 0.135 e. The number of thiocarbonyl (C=S) groups is 1. The van der Waals surface area contributed by atoms with E-state index in [-0.39, 0.29) is 10.6 Å². The first-order chi connectivity index (χ1) is 9.63. The minimum atomic E-state index is -0.429. The van der Waals surface area contributed by atoms with Crippen molar-refractivity contribution in [3.63, 3.8) is 0 Å². The van der Waals surface area contributed by atoms with Gasteiger partial charge in [-0.3, -0.25) is 0 Å². The van der Waals surface area contributed by atoms with E-state index in [4.69, 9.17) is 18.0 Å². The van der Waals surface area contributed by atoms with Gasteiger partial charge in [-0.2, -0.15) is 0 Å². The minimum absolute atomic E-state index is 0.0557. The van der Waals surface area contributed by atoms with Crippen molar-refractivity contribution in [1.82, 2.24) is 4.98 Å². The highest BCUT2D eigenvalue weighted by Crippen LogP contribution is 2.25. The number of fused-ring (bicyclic) bond motifs is 1. The van der Waals surface area contributed by atoms with Gasteiger partial charge < -0.3 is 11.1 Å². The molecule has 0 aliphatic rings. The molecular weight excluding hydrogens is 293 g/mol. The van der Waals surface area contributed by atoms with Crippen LogP contribution in [0.25, 0.3) is 10.2 Å². The number of anilines is 2. The quantitative estimate of drug-likeness (QED) is 0.722. The van der Waals surface area contributed by atoms with Gasteiger partial charge in [-0.25, -0.2) is 9.37 Å². The van der Waals surface area contributed by atoms with Crippen molar-refractivity contribution in [3.8, 4) is 0 Å². The van der Waals surface area contributed by atoms with Crippen molar-refractivity contribution in [2.75, 3.05) is 5.32 Å². The molecule has 3 nitrogen and oxygen atoms in total. The maximum atomic E-state index is 13.8. The highest BCUT2D eigenvalue weighted by molar-refractivity contribution is 7.80. The van der Waals surface area contributed by atoms with E-state index < -0.39 is 5.82 Å². The van der Waals surface area contributed by atoms with E-state index >= 15 is 0 Å². The third-order valence-corrected chi connectivity index (χ3v) is 3.87. The molecule has 0 aliphatic carbocycles. The van der Waals surface area contributed by atoms with E-state index in [0.717, 1.165) is 15.9 Å². The number of hydrogen-bond donors (Lipinski definition) is 2. The van der Waals surface area contributed by atoms with E-state index in [0.29, 0.717) is 5.69 Å². The van der Waals surface area contributed by atoms with Crippen LogP contribution in [0, 0.1) is 5.82 Å². The number of aromatic nitrogens is 1. The average molecular weight is 303 g/mol. The van der Waals surface area contributed by atoms with Gasteiger partial charge in [-0.1, -0.05) is 12.2 Å². The molecule has 0 atom stereocenters. The topological polar surface area (TPSA) is 50.9 Å². The van der Waals surface area contributed by atoms with Gasteiger partial charge in [0, 0.05) is 16.9 Å². The summed E-state index contributed by atoms with van der Waals surface area (Å²) in [6.07, 6.45) is 0. The van der Waals surface area contributed by atoms with Gasteiger partial charge in [-0.05, 0) is 36.4 Å². The van der Waals surface area contributed by atoms with E-state index in [1.807, 2.05) is 18.2 Å². The van der Waals surface area contributed by atoms with Gasteiger partial charge in [0.1, 0.15) is 10.8 Å². The Kier molecular flexibility index (Phi) is 3.33. The maximum Gasteiger partial charge on any atom is 0.135 e. The monoisotopic (exact) mass is 303 g/mol. The summed E-state index contributed by atoms with van der Waals surface area (Å²) in [7, 11) is 0. The van der Waals surface area contributed by atoms with Crippen LogP contribution in [0.3, 0.4) is 0 Å². The first-order valence-electron chi connectivity index (χ1n) is 5.83. The highest BCUT2D eigenvalue weighted by Gasteiger charge is 2.06. The molecule has 0 spiro atoms. The molecule has 20 heavy (non-hydrogen) atoms. The van der Waals surface area contributed by atoms with Gasteiger partial charge in [0.2, 0.25) is 0 Å². The molecule has 6 heteroatoms. The molecule has 0 bridgehead atoms. The van der Waals surface area contributed by atoms with Crippen molar-refractivity contribution in [1.29, 1.82) is 0 Å². The molecule has 0 fully saturated rings. The van der Waals surface area contributed by atoms with Crippen LogP contribution >= 0.6 is 23.6 Å². The summed E-state index contributed by atoms with van der Waals surface area (Å²) in [5, 5.41) is 3.15. The molecule has 100 valence electrons. The normalized spacial score (nSPS) is 10.7. The standard InChI is InChI=1S/C14H10FN3S2/c15-11-5-8(1-3-10(11)14(16)19)18-9-2-4-12-13(6-9)20-7-17-12/h1-7,18H,(H2,16,19). The molecule has 0 unspecified atom stereocenters. The first kappa shape index (κ1) is 13.0. The van der Waals surface area contributed by atoms with Crippen LogP contribution in [0.2, 0.25) is 0 Å². The molecule has 2 aromatic carbocycles.